The summed E-state index contributed by atoms with van der Waals surface area (Å²) in [6.45, 7) is 1.90. The molecule has 1 aliphatic carbocycles. The van der Waals surface area contributed by atoms with Crippen LogP contribution in [0.3, 0.4) is 0 Å². The van der Waals surface area contributed by atoms with E-state index < -0.39 is 12.1 Å². The van der Waals surface area contributed by atoms with E-state index >= 15 is 0 Å². The van der Waals surface area contributed by atoms with Crippen molar-refractivity contribution >= 4 is 12.4 Å². The second kappa shape index (κ2) is 6.50. The summed E-state index contributed by atoms with van der Waals surface area (Å²) in [6, 6.07) is 4.26. The molecule has 2 atom stereocenters. The first-order valence-corrected chi connectivity index (χ1v) is 6.29. The van der Waals surface area contributed by atoms with Gasteiger partial charge < -0.3 is 10.8 Å². The summed E-state index contributed by atoms with van der Waals surface area (Å²) in [4.78, 5) is 0. The quantitative estimate of drug-likeness (QED) is 0.889. The Morgan fingerprint density at radius 1 is 1.33 bits per heavy atom. The van der Waals surface area contributed by atoms with Gasteiger partial charge in [-0.1, -0.05) is 30.5 Å². The molecule has 18 heavy (non-hydrogen) atoms. The van der Waals surface area contributed by atoms with Gasteiger partial charge in [0, 0.05) is 5.56 Å². The topological polar surface area (TPSA) is 46.2 Å². The van der Waals surface area contributed by atoms with Gasteiger partial charge in [0.25, 0.3) is 0 Å². The van der Waals surface area contributed by atoms with Crippen LogP contribution in [0, 0.1) is 18.7 Å². The number of aliphatic hydroxyl groups is 1. The van der Waals surface area contributed by atoms with Crippen molar-refractivity contribution in [3.05, 3.63) is 35.1 Å². The van der Waals surface area contributed by atoms with E-state index in [4.69, 9.17) is 5.73 Å². The zero-order valence-electron chi connectivity index (χ0n) is 10.6. The molecule has 2 rings (SSSR count). The molecule has 2 nitrogen and oxygen atoms in total. The minimum absolute atomic E-state index is 0. The Morgan fingerprint density at radius 3 is 2.56 bits per heavy atom. The maximum atomic E-state index is 13.7. The third-order valence-electron chi connectivity index (χ3n) is 3.76. The van der Waals surface area contributed by atoms with Gasteiger partial charge >= 0.3 is 0 Å². The smallest absolute Gasteiger partial charge is 0.128 e. The zero-order chi connectivity index (χ0) is 12.4. The Bertz CT molecular complexity index is 393. The van der Waals surface area contributed by atoms with Crippen LogP contribution in [0.1, 0.15) is 42.9 Å². The summed E-state index contributed by atoms with van der Waals surface area (Å²) in [7, 11) is 0. The van der Waals surface area contributed by atoms with Crippen molar-refractivity contribution in [3.63, 3.8) is 0 Å². The van der Waals surface area contributed by atoms with Crippen LogP contribution in [0.2, 0.25) is 0 Å². The van der Waals surface area contributed by atoms with Crippen LogP contribution in [0.15, 0.2) is 18.2 Å². The molecule has 1 aliphatic rings. The molecule has 102 valence electrons. The van der Waals surface area contributed by atoms with Crippen LogP contribution in [0.25, 0.3) is 0 Å². The van der Waals surface area contributed by atoms with Gasteiger partial charge in [-0.2, -0.15) is 0 Å². The van der Waals surface area contributed by atoms with E-state index in [9.17, 15) is 9.50 Å². The second-order valence-corrected chi connectivity index (χ2v) is 5.09. The highest BCUT2D eigenvalue weighted by molar-refractivity contribution is 5.85. The Hall–Kier alpha value is -0.640. The van der Waals surface area contributed by atoms with E-state index in [1.54, 1.807) is 12.1 Å². The average molecular weight is 274 g/mol. The van der Waals surface area contributed by atoms with Crippen molar-refractivity contribution in [3.8, 4) is 0 Å². The Morgan fingerprint density at radius 2 is 1.94 bits per heavy atom. The molecule has 3 N–H and O–H groups in total. The van der Waals surface area contributed by atoms with Crippen LogP contribution in [0.4, 0.5) is 4.39 Å². The van der Waals surface area contributed by atoms with Gasteiger partial charge in [0.05, 0.1) is 12.1 Å². The fourth-order valence-corrected chi connectivity index (χ4v) is 2.69. The van der Waals surface area contributed by atoms with Crippen LogP contribution in [-0.2, 0) is 0 Å². The van der Waals surface area contributed by atoms with Crippen molar-refractivity contribution in [1.29, 1.82) is 0 Å². The Labute approximate surface area is 114 Å². The molecule has 1 fully saturated rings. The number of hydrogen-bond donors (Lipinski definition) is 2. The summed E-state index contributed by atoms with van der Waals surface area (Å²) in [5, 5.41) is 10.2. The third kappa shape index (κ3) is 3.22. The Kier molecular flexibility index (Phi) is 5.57. The van der Waals surface area contributed by atoms with E-state index in [2.05, 4.69) is 0 Å². The normalized spacial score (nSPS) is 19.3. The molecule has 0 aromatic heterocycles. The summed E-state index contributed by atoms with van der Waals surface area (Å²) < 4.78 is 13.7. The first kappa shape index (κ1) is 15.4. The number of rotatable bonds is 3. The number of benzene rings is 1. The van der Waals surface area contributed by atoms with E-state index in [0.717, 1.165) is 31.2 Å². The van der Waals surface area contributed by atoms with Crippen molar-refractivity contribution in [2.45, 2.75) is 44.8 Å². The first-order valence-electron chi connectivity index (χ1n) is 6.29. The molecule has 4 heteroatoms. The van der Waals surface area contributed by atoms with Gasteiger partial charge in [-0.3, -0.25) is 0 Å². The van der Waals surface area contributed by atoms with Gasteiger partial charge in [0.1, 0.15) is 5.82 Å². The number of nitrogens with two attached hydrogens (primary N) is 1. The van der Waals surface area contributed by atoms with E-state index in [-0.39, 0.29) is 24.1 Å². The van der Waals surface area contributed by atoms with Crippen molar-refractivity contribution in [1.82, 2.24) is 0 Å². The highest BCUT2D eigenvalue weighted by Crippen LogP contribution is 2.33. The minimum atomic E-state index is -0.631. The van der Waals surface area contributed by atoms with Gasteiger partial charge in [-0.05, 0) is 31.7 Å². The molecule has 1 saturated carbocycles. The van der Waals surface area contributed by atoms with Gasteiger partial charge in [0.15, 0.2) is 0 Å². The van der Waals surface area contributed by atoms with E-state index in [1.807, 2.05) is 6.92 Å². The summed E-state index contributed by atoms with van der Waals surface area (Å²) in [6.07, 6.45) is 3.66. The number of halogens is 2. The fraction of sp³-hybridized carbons (Fsp3) is 0.571. The lowest BCUT2D eigenvalue weighted by Gasteiger charge is -2.25. The summed E-state index contributed by atoms with van der Waals surface area (Å²) in [5.74, 6) is -0.0925. The first-order chi connectivity index (χ1) is 8.09. The minimum Gasteiger partial charge on any atom is -0.391 e. The molecule has 0 bridgehead atoms. The van der Waals surface area contributed by atoms with E-state index in [1.165, 1.54) is 6.07 Å². The fourth-order valence-electron chi connectivity index (χ4n) is 2.69. The van der Waals surface area contributed by atoms with Crippen LogP contribution >= 0.6 is 12.4 Å². The predicted molar refractivity (Wildman–Crippen MR) is 73.3 cm³/mol. The number of aryl methyl sites for hydroxylation is 1. The largest absolute Gasteiger partial charge is 0.391 e. The maximum absolute atomic E-state index is 13.7. The van der Waals surface area contributed by atoms with Gasteiger partial charge in [-0.15, -0.1) is 12.4 Å². The van der Waals surface area contributed by atoms with Crippen LogP contribution < -0.4 is 5.73 Å². The van der Waals surface area contributed by atoms with Gasteiger partial charge in [0.2, 0.25) is 0 Å². The molecule has 0 saturated heterocycles. The molecule has 0 unspecified atom stereocenters. The standard InChI is InChI=1S/C14H20FNO.ClH/c1-9-6-7-12(15)11(8-9)13(16)14(17)10-4-2-3-5-10;/h6-8,10,13-14,17H,2-5,16H2,1H3;1H/t13-,14+;/m0./s1. The summed E-state index contributed by atoms with van der Waals surface area (Å²) >= 11 is 0. The molecule has 0 heterocycles. The van der Waals surface area contributed by atoms with Crippen LogP contribution in [-0.4, -0.2) is 11.2 Å². The molecule has 0 aliphatic heterocycles. The maximum Gasteiger partial charge on any atom is 0.128 e. The number of hydrogen-bond acceptors (Lipinski definition) is 2. The molecule has 0 spiro atoms. The molecule has 0 amide bonds. The van der Waals surface area contributed by atoms with Crippen LogP contribution in [0.5, 0.6) is 0 Å². The summed E-state index contributed by atoms with van der Waals surface area (Å²) in [5.41, 5.74) is 7.40. The molecular formula is C14H21ClFNO. The van der Waals surface area contributed by atoms with Crippen molar-refractivity contribution in [2.24, 2.45) is 11.7 Å². The lowest BCUT2D eigenvalue weighted by Crippen LogP contribution is -2.32. The number of aliphatic hydroxyl groups excluding tert-OH is 1. The lowest BCUT2D eigenvalue weighted by molar-refractivity contribution is 0.0833. The SMILES string of the molecule is Cc1ccc(F)c([C@H](N)[C@H](O)C2CCCC2)c1.Cl. The Balaban J connectivity index is 0.00000162. The zero-order valence-corrected chi connectivity index (χ0v) is 11.4. The lowest BCUT2D eigenvalue weighted by atomic mass is 9.90. The average Bonchev–Trinajstić information content (AvgIpc) is 2.84. The molecule has 1 aromatic carbocycles. The predicted octanol–water partition coefficient (Wildman–Crippen LogP) is 3.11. The highest BCUT2D eigenvalue weighted by Gasteiger charge is 2.29. The molecule has 0 radical (unpaired) electrons. The molecule has 1 aromatic rings. The molecular weight excluding hydrogens is 253 g/mol. The van der Waals surface area contributed by atoms with Crippen molar-refractivity contribution in [2.75, 3.05) is 0 Å². The highest BCUT2D eigenvalue weighted by atomic mass is 35.5. The van der Waals surface area contributed by atoms with Crippen molar-refractivity contribution < 1.29 is 9.50 Å². The monoisotopic (exact) mass is 273 g/mol. The third-order valence-corrected chi connectivity index (χ3v) is 3.76. The second-order valence-electron chi connectivity index (χ2n) is 5.09. The van der Waals surface area contributed by atoms with Gasteiger partial charge in [-0.25, -0.2) is 4.39 Å². The van der Waals surface area contributed by atoms with E-state index in [0.29, 0.717) is 5.56 Å².